The van der Waals surface area contributed by atoms with Crippen LogP contribution in [0.3, 0.4) is 0 Å². The van der Waals surface area contributed by atoms with E-state index in [1.165, 1.54) is 12.2 Å². The summed E-state index contributed by atoms with van der Waals surface area (Å²) in [5.74, 6) is 0.645. The molecule has 0 unspecified atom stereocenters. The average molecular weight is 284 g/mol. The molecule has 5 nitrogen and oxygen atoms in total. The van der Waals surface area contributed by atoms with Crippen molar-refractivity contribution in [2.24, 2.45) is 0 Å². The Kier molecular flexibility index (Phi) is 4.93. The number of hydrogen-bond acceptors (Lipinski definition) is 3. The van der Waals surface area contributed by atoms with Gasteiger partial charge in [-0.3, -0.25) is 20.4 Å². The van der Waals surface area contributed by atoms with Crippen LogP contribution in [0.15, 0.2) is 53.0 Å². The second-order valence-corrected chi connectivity index (χ2v) is 4.48. The van der Waals surface area contributed by atoms with E-state index in [4.69, 9.17) is 4.42 Å². The molecule has 0 aliphatic heterocycles. The predicted octanol–water partition coefficient (Wildman–Crippen LogP) is 1.99. The van der Waals surface area contributed by atoms with Crippen molar-refractivity contribution in [1.29, 1.82) is 0 Å². The van der Waals surface area contributed by atoms with Gasteiger partial charge < -0.3 is 4.42 Å². The van der Waals surface area contributed by atoms with Gasteiger partial charge in [-0.05, 0) is 30.7 Å². The van der Waals surface area contributed by atoms with Gasteiger partial charge in [0.1, 0.15) is 11.5 Å². The van der Waals surface area contributed by atoms with Crippen molar-refractivity contribution in [2.75, 3.05) is 0 Å². The first kappa shape index (κ1) is 14.6. The van der Waals surface area contributed by atoms with E-state index in [9.17, 15) is 9.59 Å². The Hall–Kier alpha value is -2.82. The van der Waals surface area contributed by atoms with E-state index >= 15 is 0 Å². The number of hydrazine groups is 1. The number of carbonyl (C=O) groups is 2. The summed E-state index contributed by atoms with van der Waals surface area (Å²) in [6.07, 6.45) is 3.04. The van der Waals surface area contributed by atoms with Crippen LogP contribution >= 0.6 is 0 Å². The van der Waals surface area contributed by atoms with Gasteiger partial charge >= 0.3 is 0 Å². The molecular formula is C16H16N2O3. The lowest BCUT2D eigenvalue weighted by atomic mass is 10.1. The first-order valence-corrected chi connectivity index (χ1v) is 6.51. The lowest BCUT2D eigenvalue weighted by Gasteiger charge is -2.05. The van der Waals surface area contributed by atoms with Crippen molar-refractivity contribution in [1.82, 2.24) is 10.9 Å². The number of carbonyl (C=O) groups excluding carboxylic acids is 2. The lowest BCUT2D eigenvalue weighted by Crippen LogP contribution is -2.41. The number of hydrogen-bond donors (Lipinski definition) is 2. The van der Waals surface area contributed by atoms with Crippen LogP contribution in [-0.4, -0.2) is 11.8 Å². The van der Waals surface area contributed by atoms with Crippen LogP contribution < -0.4 is 10.9 Å². The fourth-order valence-electron chi connectivity index (χ4n) is 1.70. The highest BCUT2D eigenvalue weighted by atomic mass is 16.3. The Bertz CT molecular complexity index is 645. The molecule has 0 saturated carbocycles. The summed E-state index contributed by atoms with van der Waals surface area (Å²) in [6.45, 7) is 1.82. The van der Waals surface area contributed by atoms with Crippen LogP contribution in [0.2, 0.25) is 0 Å². The molecule has 2 rings (SSSR count). The maximum atomic E-state index is 11.6. The molecule has 5 heteroatoms. The van der Waals surface area contributed by atoms with Crippen molar-refractivity contribution < 1.29 is 14.0 Å². The van der Waals surface area contributed by atoms with Gasteiger partial charge in [-0.2, -0.15) is 0 Å². The van der Waals surface area contributed by atoms with Crippen LogP contribution in [0.4, 0.5) is 0 Å². The first-order valence-electron chi connectivity index (χ1n) is 6.51. The van der Waals surface area contributed by atoms with Gasteiger partial charge in [-0.25, -0.2) is 0 Å². The Morgan fingerprint density at radius 3 is 2.52 bits per heavy atom. The molecule has 0 bridgehead atoms. The van der Waals surface area contributed by atoms with Crippen LogP contribution in [-0.2, 0) is 16.0 Å². The van der Waals surface area contributed by atoms with E-state index in [0.29, 0.717) is 5.76 Å². The first-order chi connectivity index (χ1) is 10.1. The second-order valence-electron chi connectivity index (χ2n) is 4.48. The second kappa shape index (κ2) is 7.09. The van der Waals surface area contributed by atoms with Crippen molar-refractivity contribution in [3.05, 3.63) is 65.6 Å². The Morgan fingerprint density at radius 1 is 1.10 bits per heavy atom. The third-order valence-corrected chi connectivity index (χ3v) is 2.69. The zero-order valence-electron chi connectivity index (χ0n) is 11.6. The summed E-state index contributed by atoms with van der Waals surface area (Å²) < 4.78 is 5.28. The summed E-state index contributed by atoms with van der Waals surface area (Å²) in [5.41, 5.74) is 5.55. The number of furan rings is 1. The number of rotatable bonds is 4. The van der Waals surface area contributed by atoms with E-state index < -0.39 is 5.91 Å². The van der Waals surface area contributed by atoms with Gasteiger partial charge in [0.05, 0.1) is 6.42 Å². The fraction of sp³-hybridized carbons (Fsp3) is 0.125. The molecule has 2 aromatic rings. The fourth-order valence-corrected chi connectivity index (χ4v) is 1.70. The summed E-state index contributed by atoms with van der Waals surface area (Å²) >= 11 is 0. The molecule has 2 N–H and O–H groups in total. The molecule has 1 aromatic heterocycles. The number of benzene rings is 1. The number of amides is 2. The Balaban J connectivity index is 1.76. The summed E-state index contributed by atoms with van der Waals surface area (Å²) in [4.78, 5) is 23.2. The zero-order valence-corrected chi connectivity index (χ0v) is 11.6. The lowest BCUT2D eigenvalue weighted by molar-refractivity contribution is -0.126. The van der Waals surface area contributed by atoms with Crippen LogP contribution in [0.1, 0.15) is 17.1 Å². The van der Waals surface area contributed by atoms with Crippen molar-refractivity contribution in [2.45, 2.75) is 13.3 Å². The molecule has 1 aromatic carbocycles. The van der Waals surface area contributed by atoms with E-state index in [2.05, 4.69) is 10.9 Å². The van der Waals surface area contributed by atoms with Gasteiger partial charge in [-0.1, -0.05) is 30.3 Å². The number of nitrogens with one attached hydrogen (secondary N) is 2. The Labute approximate surface area is 122 Å². The van der Waals surface area contributed by atoms with Crippen LogP contribution in [0.25, 0.3) is 6.08 Å². The van der Waals surface area contributed by atoms with E-state index in [1.807, 2.05) is 37.3 Å². The monoisotopic (exact) mass is 284 g/mol. The molecule has 21 heavy (non-hydrogen) atoms. The predicted molar refractivity (Wildman–Crippen MR) is 78.9 cm³/mol. The molecular weight excluding hydrogens is 268 g/mol. The normalized spacial score (nSPS) is 10.5. The molecule has 108 valence electrons. The Morgan fingerprint density at radius 2 is 1.86 bits per heavy atom. The summed E-state index contributed by atoms with van der Waals surface area (Å²) in [7, 11) is 0. The minimum atomic E-state index is -0.425. The molecule has 0 fully saturated rings. The van der Waals surface area contributed by atoms with E-state index in [-0.39, 0.29) is 12.3 Å². The molecule has 2 amide bonds. The van der Waals surface area contributed by atoms with Crippen LogP contribution in [0.5, 0.6) is 0 Å². The molecule has 0 aliphatic rings. The third kappa shape index (κ3) is 4.99. The third-order valence-electron chi connectivity index (χ3n) is 2.69. The maximum absolute atomic E-state index is 11.6. The summed E-state index contributed by atoms with van der Waals surface area (Å²) in [6, 6.07) is 12.8. The molecule has 0 atom stereocenters. The quantitative estimate of drug-likeness (QED) is 0.666. The highest BCUT2D eigenvalue weighted by Crippen LogP contribution is 2.07. The number of aryl methyl sites for hydroxylation is 1. The minimum absolute atomic E-state index is 0.211. The van der Waals surface area contributed by atoms with Gasteiger partial charge in [-0.15, -0.1) is 0 Å². The highest BCUT2D eigenvalue weighted by molar-refractivity contribution is 5.93. The molecule has 0 saturated heterocycles. The van der Waals surface area contributed by atoms with Gasteiger partial charge in [0.2, 0.25) is 5.91 Å². The van der Waals surface area contributed by atoms with Crippen molar-refractivity contribution in [3.8, 4) is 0 Å². The summed E-state index contributed by atoms with van der Waals surface area (Å²) in [5, 5.41) is 0. The van der Waals surface area contributed by atoms with Gasteiger partial charge in [0.25, 0.3) is 5.91 Å². The highest BCUT2D eigenvalue weighted by Gasteiger charge is 2.03. The standard InChI is InChI=1S/C16H16N2O3/c1-12-7-8-14(21-12)9-10-15(19)17-18-16(20)11-13-5-3-2-4-6-13/h2-10H,11H2,1H3,(H,17,19)(H,18,20)/b10-9+. The molecule has 1 heterocycles. The minimum Gasteiger partial charge on any atom is -0.462 e. The van der Waals surface area contributed by atoms with E-state index in [1.54, 1.807) is 12.1 Å². The SMILES string of the molecule is Cc1ccc(/C=C/C(=O)NNC(=O)Cc2ccccc2)o1. The topological polar surface area (TPSA) is 71.3 Å². The molecule has 0 aliphatic carbocycles. The zero-order chi connectivity index (χ0) is 15.1. The molecule has 0 spiro atoms. The van der Waals surface area contributed by atoms with Crippen LogP contribution in [0, 0.1) is 6.92 Å². The molecule has 0 radical (unpaired) electrons. The maximum Gasteiger partial charge on any atom is 0.262 e. The van der Waals surface area contributed by atoms with Crippen molar-refractivity contribution in [3.63, 3.8) is 0 Å². The van der Waals surface area contributed by atoms with Gasteiger partial charge in [0, 0.05) is 6.08 Å². The average Bonchev–Trinajstić information content (AvgIpc) is 2.90. The van der Waals surface area contributed by atoms with E-state index in [0.717, 1.165) is 11.3 Å². The largest absolute Gasteiger partial charge is 0.462 e. The van der Waals surface area contributed by atoms with Gasteiger partial charge in [0.15, 0.2) is 0 Å². The van der Waals surface area contributed by atoms with Crippen molar-refractivity contribution >= 4 is 17.9 Å². The smallest absolute Gasteiger partial charge is 0.262 e.